The maximum absolute atomic E-state index is 13.9. The van der Waals surface area contributed by atoms with Crippen LogP contribution in [0.1, 0.15) is 81.6 Å². The number of carbonyl (C=O) groups is 6. The summed E-state index contributed by atoms with van der Waals surface area (Å²) in [6.07, 6.45) is 7.03. The van der Waals surface area contributed by atoms with E-state index in [0.717, 1.165) is 69.0 Å². The van der Waals surface area contributed by atoms with E-state index in [-0.39, 0.29) is 46.7 Å². The summed E-state index contributed by atoms with van der Waals surface area (Å²) >= 11 is 6.63. The Hall–Kier alpha value is -6.65. The van der Waals surface area contributed by atoms with Gasteiger partial charge in [-0.3, -0.25) is 43.9 Å². The van der Waals surface area contributed by atoms with Crippen LogP contribution in [0.5, 0.6) is 11.5 Å². The Balaban J connectivity index is 0.741. The lowest BCUT2D eigenvalue weighted by molar-refractivity contribution is -0.136. The third-order valence-electron chi connectivity index (χ3n) is 12.3. The van der Waals surface area contributed by atoms with E-state index >= 15 is 0 Å². The quantitative estimate of drug-likeness (QED) is 0.0774. The molecule has 3 N–H and O–H groups in total. The monoisotopic (exact) mass is 871 g/mol. The Kier molecular flexibility index (Phi) is 11.9. The van der Waals surface area contributed by atoms with Gasteiger partial charge in [-0.05, 0) is 81.1 Å². The van der Waals surface area contributed by atoms with Gasteiger partial charge in [0.25, 0.3) is 11.8 Å². The molecule has 1 unspecified atom stereocenters. The van der Waals surface area contributed by atoms with Crippen LogP contribution >= 0.6 is 11.6 Å². The van der Waals surface area contributed by atoms with Crippen LogP contribution in [0.15, 0.2) is 79.3 Å². The molecule has 6 heterocycles. The SMILES string of the molecule is O=C1CCC(N2C(=O)c3ccc(N4CCN(CCCCC(=O)N5CCC[C@@H](Nc6ncnc7[nH]cc(C(=O)c8ccc(Oc9ccccc9)cc8Cl)c67)C5)CC4)cc3C2=O)C(=O)N1. The maximum atomic E-state index is 13.9. The molecule has 16 nitrogen and oxygen atoms in total. The Bertz CT molecular complexity index is 2610. The van der Waals surface area contributed by atoms with Crippen LogP contribution in [0.3, 0.4) is 0 Å². The number of para-hydroxylation sites is 1. The number of halogens is 1. The summed E-state index contributed by atoms with van der Waals surface area (Å²) in [4.78, 5) is 97.3. The molecule has 2 aromatic heterocycles. The first-order valence-electron chi connectivity index (χ1n) is 21.4. The van der Waals surface area contributed by atoms with E-state index in [1.165, 1.54) is 6.33 Å². The van der Waals surface area contributed by atoms with Crippen LogP contribution in [-0.2, 0) is 14.4 Å². The van der Waals surface area contributed by atoms with Crippen LogP contribution in [0.4, 0.5) is 11.5 Å². The number of piperidine rings is 2. The fourth-order valence-electron chi connectivity index (χ4n) is 8.93. The zero-order chi connectivity index (χ0) is 43.6. The summed E-state index contributed by atoms with van der Waals surface area (Å²) in [7, 11) is 0. The highest BCUT2D eigenvalue weighted by atomic mass is 35.5. The molecule has 4 aliphatic heterocycles. The van der Waals surface area contributed by atoms with Crippen molar-refractivity contribution in [2.45, 2.75) is 57.0 Å². The van der Waals surface area contributed by atoms with Gasteiger partial charge >= 0.3 is 0 Å². The number of hydrogen-bond donors (Lipinski definition) is 3. The number of aromatic nitrogens is 3. The molecular weight excluding hydrogens is 826 g/mol. The molecule has 3 saturated heterocycles. The van der Waals surface area contributed by atoms with E-state index in [4.69, 9.17) is 16.3 Å². The molecule has 0 bridgehead atoms. The highest BCUT2D eigenvalue weighted by Gasteiger charge is 2.45. The molecule has 63 heavy (non-hydrogen) atoms. The van der Waals surface area contributed by atoms with Crippen LogP contribution in [-0.4, -0.2) is 123 Å². The molecule has 3 aromatic carbocycles. The zero-order valence-corrected chi connectivity index (χ0v) is 35.2. The number of aromatic amines is 1. The second-order valence-electron chi connectivity index (χ2n) is 16.3. The average Bonchev–Trinajstić information content (AvgIpc) is 3.84. The number of nitrogens with zero attached hydrogens (tertiary/aromatic N) is 6. The van der Waals surface area contributed by atoms with Gasteiger partial charge in [-0.2, -0.15) is 0 Å². The number of likely N-dealkylation sites (tertiary alicyclic amines) is 1. The smallest absolute Gasteiger partial charge is 0.262 e. The van der Waals surface area contributed by atoms with Crippen molar-refractivity contribution in [3.63, 3.8) is 0 Å². The van der Waals surface area contributed by atoms with Crippen molar-refractivity contribution in [2.24, 2.45) is 0 Å². The van der Waals surface area contributed by atoms with Gasteiger partial charge in [-0.25, -0.2) is 9.97 Å². The molecule has 0 radical (unpaired) electrons. The summed E-state index contributed by atoms with van der Waals surface area (Å²) in [5.41, 5.74) is 2.60. The molecule has 3 fully saturated rings. The summed E-state index contributed by atoms with van der Waals surface area (Å²) in [5.74, 6) is -0.540. The van der Waals surface area contributed by atoms with Crippen molar-refractivity contribution >= 4 is 69.5 Å². The van der Waals surface area contributed by atoms with Gasteiger partial charge in [0, 0.05) is 81.7 Å². The van der Waals surface area contributed by atoms with E-state index < -0.39 is 29.7 Å². The summed E-state index contributed by atoms with van der Waals surface area (Å²) in [6.45, 7) is 5.17. The summed E-state index contributed by atoms with van der Waals surface area (Å²) < 4.78 is 5.89. The maximum Gasteiger partial charge on any atom is 0.262 e. The molecule has 0 aliphatic carbocycles. The minimum Gasteiger partial charge on any atom is -0.457 e. The number of ether oxygens (including phenoxy) is 1. The van der Waals surface area contributed by atoms with Gasteiger partial charge in [0.2, 0.25) is 17.7 Å². The van der Waals surface area contributed by atoms with Gasteiger partial charge in [-0.15, -0.1) is 0 Å². The van der Waals surface area contributed by atoms with Crippen LogP contribution in [0, 0.1) is 0 Å². The second kappa shape index (κ2) is 18.0. The first kappa shape index (κ1) is 41.7. The number of carbonyl (C=O) groups excluding carboxylic acids is 6. The number of benzene rings is 3. The van der Waals surface area contributed by atoms with E-state index in [1.807, 2.05) is 41.3 Å². The second-order valence-corrected chi connectivity index (χ2v) is 16.7. The number of ketones is 1. The Morgan fingerprint density at radius 1 is 0.841 bits per heavy atom. The number of anilines is 2. The normalized spacial score (nSPS) is 19.3. The predicted molar refractivity (Wildman–Crippen MR) is 234 cm³/mol. The van der Waals surface area contributed by atoms with E-state index in [1.54, 1.807) is 36.5 Å². The standard InChI is InChI=1S/C46H46ClN9O7/c47-36-24-31(63-30-8-2-1-3-9-30)12-14-33(36)41(59)35-25-48-42-40(35)43(50-27-49-42)51-28-7-6-18-55(26-28)39(58)10-4-5-17-53-19-21-54(22-20-53)29-11-13-32-34(23-29)46(62)56(45(32)61)37-15-16-38(57)52-44(37)60/h1-3,8-9,11-14,23-25,27-28,37H,4-7,10,15-22,26H2,(H,52,57,60)(H2,48,49,50,51)/t28-,37?/m1/s1. The minimum absolute atomic E-state index is 0.0680. The fraction of sp³-hybridized carbons (Fsp3) is 0.348. The first-order chi connectivity index (χ1) is 30.6. The number of nitrogens with one attached hydrogen (secondary N) is 3. The molecule has 2 atom stereocenters. The van der Waals surface area contributed by atoms with E-state index in [9.17, 15) is 28.8 Å². The number of imide groups is 2. The highest BCUT2D eigenvalue weighted by molar-refractivity contribution is 6.36. The van der Waals surface area contributed by atoms with E-state index in [2.05, 4.69) is 35.4 Å². The topological polar surface area (TPSA) is 190 Å². The van der Waals surface area contributed by atoms with Gasteiger partial charge in [-0.1, -0.05) is 29.8 Å². The number of amides is 5. The van der Waals surface area contributed by atoms with Crippen molar-refractivity contribution in [1.82, 2.24) is 35.0 Å². The molecule has 9 rings (SSSR count). The number of piperazine rings is 1. The van der Waals surface area contributed by atoms with Crippen molar-refractivity contribution < 1.29 is 33.5 Å². The summed E-state index contributed by atoms with van der Waals surface area (Å²) in [6, 6.07) is 18.5. The number of hydrogen-bond acceptors (Lipinski definition) is 12. The average molecular weight is 872 g/mol. The first-order valence-corrected chi connectivity index (χ1v) is 21.8. The number of H-pyrrole nitrogens is 1. The lowest BCUT2D eigenvalue weighted by Gasteiger charge is -2.36. The van der Waals surface area contributed by atoms with Crippen molar-refractivity contribution in [1.29, 1.82) is 0 Å². The fourth-order valence-corrected chi connectivity index (χ4v) is 9.19. The third kappa shape index (κ3) is 8.73. The third-order valence-corrected chi connectivity index (χ3v) is 12.6. The predicted octanol–water partition coefficient (Wildman–Crippen LogP) is 5.43. The lowest BCUT2D eigenvalue weighted by atomic mass is 10.0. The molecule has 0 spiro atoms. The van der Waals surface area contributed by atoms with Crippen LogP contribution in [0.2, 0.25) is 5.02 Å². The molecule has 324 valence electrons. The number of fused-ring (bicyclic) bond motifs is 2. The van der Waals surface area contributed by atoms with Gasteiger partial charge in [0.05, 0.1) is 27.1 Å². The Morgan fingerprint density at radius 3 is 2.44 bits per heavy atom. The van der Waals surface area contributed by atoms with E-state index in [0.29, 0.717) is 59.0 Å². The highest BCUT2D eigenvalue weighted by Crippen LogP contribution is 2.33. The largest absolute Gasteiger partial charge is 0.457 e. The molecule has 4 aliphatic rings. The molecule has 5 amide bonds. The minimum atomic E-state index is -0.995. The van der Waals surface area contributed by atoms with Crippen molar-refractivity contribution in [2.75, 3.05) is 56.0 Å². The van der Waals surface area contributed by atoms with Crippen molar-refractivity contribution in [3.8, 4) is 11.5 Å². The van der Waals surface area contributed by atoms with Crippen LogP contribution < -0.4 is 20.3 Å². The molecule has 17 heteroatoms. The molecule has 0 saturated carbocycles. The van der Waals surface area contributed by atoms with Gasteiger partial charge in [0.1, 0.15) is 35.3 Å². The van der Waals surface area contributed by atoms with Crippen LogP contribution in [0.25, 0.3) is 11.0 Å². The number of unbranched alkanes of at least 4 members (excludes halogenated alkanes) is 1. The van der Waals surface area contributed by atoms with Gasteiger partial charge in [0.15, 0.2) is 5.78 Å². The Labute approximate surface area is 367 Å². The van der Waals surface area contributed by atoms with Gasteiger partial charge < -0.3 is 24.8 Å². The molecular formula is C46H46ClN9O7. The Morgan fingerprint density at radius 2 is 1.65 bits per heavy atom. The number of rotatable bonds is 13. The zero-order valence-electron chi connectivity index (χ0n) is 34.5. The summed E-state index contributed by atoms with van der Waals surface area (Å²) in [5, 5.41) is 6.56. The lowest BCUT2D eigenvalue weighted by Crippen LogP contribution is -2.54. The molecule has 5 aromatic rings. The van der Waals surface area contributed by atoms with Crippen molar-refractivity contribution in [3.05, 3.63) is 107 Å².